The molecule has 0 saturated carbocycles. The van der Waals surface area contributed by atoms with Gasteiger partial charge in [0.1, 0.15) is 31.8 Å². The highest BCUT2D eigenvalue weighted by atomic mass is 32.2. The number of hydrogen-bond donors (Lipinski definition) is 5. The molecule has 1 aliphatic rings. The Labute approximate surface area is 386 Å². The zero-order chi connectivity index (χ0) is 47.9. The van der Waals surface area contributed by atoms with Crippen LogP contribution in [0.5, 0.6) is 0 Å². The third-order valence-electron chi connectivity index (χ3n) is 10.8. The normalized spacial score (nSPS) is 12.7. The lowest BCUT2D eigenvalue weighted by Crippen LogP contribution is -2.57. The van der Waals surface area contributed by atoms with E-state index in [4.69, 9.17) is 15.2 Å². The summed E-state index contributed by atoms with van der Waals surface area (Å²) in [5.74, 6) is -3.43. The van der Waals surface area contributed by atoms with E-state index in [2.05, 4.69) is 16.0 Å². The van der Waals surface area contributed by atoms with Crippen molar-refractivity contribution in [2.24, 2.45) is 5.73 Å². The first kappa shape index (κ1) is 48.8. The van der Waals surface area contributed by atoms with Gasteiger partial charge in [0.2, 0.25) is 11.8 Å². The maximum Gasteiger partial charge on any atom is 0.407 e. The van der Waals surface area contributed by atoms with E-state index in [-0.39, 0.29) is 45.2 Å². The molecule has 2 atom stereocenters. The van der Waals surface area contributed by atoms with Crippen molar-refractivity contribution in [1.82, 2.24) is 25.2 Å². The van der Waals surface area contributed by atoms with Gasteiger partial charge >= 0.3 is 18.2 Å². The first-order valence-electron chi connectivity index (χ1n) is 21.1. The molecule has 5 aromatic rings. The summed E-state index contributed by atoms with van der Waals surface area (Å²) in [6.07, 6.45) is -1.77. The Morgan fingerprint density at radius 3 is 1.93 bits per heavy atom. The number of aliphatic carboxylic acids is 1. The number of alkyl carbamates (subject to hydrolysis) is 2. The molecule has 0 aliphatic heterocycles. The molecule has 0 spiro atoms. The Morgan fingerprint density at radius 1 is 0.731 bits per heavy atom. The smallest absolute Gasteiger partial charge is 0.407 e. The van der Waals surface area contributed by atoms with Crippen LogP contribution in [0.4, 0.5) is 15.3 Å². The van der Waals surface area contributed by atoms with Crippen molar-refractivity contribution >= 4 is 45.7 Å². The first-order chi connectivity index (χ1) is 32.2. The minimum atomic E-state index is -4.86. The number of ether oxygens (including phenoxy) is 2. The second kappa shape index (κ2) is 23.0. The summed E-state index contributed by atoms with van der Waals surface area (Å²) in [5.41, 5.74) is 10.9. The number of carbonyl (C=O) groups excluding carboxylic acids is 4. The van der Waals surface area contributed by atoms with Crippen molar-refractivity contribution < 1.29 is 51.9 Å². The van der Waals surface area contributed by atoms with Crippen LogP contribution in [0, 0.1) is 10.1 Å². The molecule has 4 amide bonds. The van der Waals surface area contributed by atoms with Gasteiger partial charge in [0.05, 0.1) is 4.92 Å². The number of nitrogens with zero attached hydrogens (tertiary/aromatic N) is 3. The Hall–Kier alpha value is -7.68. The van der Waals surface area contributed by atoms with Crippen LogP contribution in [0.2, 0.25) is 0 Å². The number of benzene rings is 5. The van der Waals surface area contributed by atoms with Gasteiger partial charge in [0.15, 0.2) is 4.90 Å². The number of amides is 4. The number of carbonyl (C=O) groups is 5. The number of rotatable bonds is 22. The molecule has 0 heterocycles. The van der Waals surface area contributed by atoms with Crippen LogP contribution in [0.15, 0.2) is 138 Å². The zero-order valence-electron chi connectivity index (χ0n) is 36.1. The molecule has 6 rings (SSSR count). The minimum Gasteiger partial charge on any atom is -0.480 e. The fourth-order valence-corrected chi connectivity index (χ4v) is 9.05. The first-order valence-corrected chi connectivity index (χ1v) is 22.5. The van der Waals surface area contributed by atoms with Crippen molar-refractivity contribution in [1.29, 1.82) is 0 Å². The lowest BCUT2D eigenvalue weighted by molar-refractivity contribution is -0.387. The van der Waals surface area contributed by atoms with Crippen molar-refractivity contribution in [3.05, 3.63) is 166 Å². The van der Waals surface area contributed by atoms with Gasteiger partial charge in [-0.05, 0) is 39.4 Å². The van der Waals surface area contributed by atoms with Crippen molar-refractivity contribution in [3.63, 3.8) is 0 Å². The van der Waals surface area contributed by atoms with E-state index in [1.54, 1.807) is 60.7 Å². The topological polar surface area (TPSA) is 270 Å². The zero-order valence-corrected chi connectivity index (χ0v) is 36.9. The van der Waals surface area contributed by atoms with Gasteiger partial charge in [-0.2, -0.15) is 4.31 Å². The average molecular weight is 936 g/mol. The Balaban J connectivity index is 1.16. The summed E-state index contributed by atoms with van der Waals surface area (Å²) in [6, 6.07) is 34.7. The number of carboxylic acid groups (broad SMARTS) is 1. The van der Waals surface area contributed by atoms with E-state index in [1.165, 1.54) is 12.1 Å². The predicted octanol–water partition coefficient (Wildman–Crippen LogP) is 4.02. The summed E-state index contributed by atoms with van der Waals surface area (Å²) in [5, 5.41) is 29.2. The Kier molecular flexibility index (Phi) is 16.7. The molecule has 0 unspecified atom stereocenters. The number of sulfonamides is 1. The standard InChI is InChI=1S/C47H49N7O12S/c48-39(28-50-47(60)66-31-38-36-19-9-7-17-34(36)35-18-8-10-20-37(35)38)44(57)51-40(27-32-13-3-1-4-14-32)45(58)52(24-23-49-46(59)65-30-33-15-5-2-6-16-33)25-26-53(29-43(55)56)67(63,64)42-22-12-11-21-41(42)54(61)62/h1-22,38-40H,23-31,48H2,(H,49,59)(H,50,60)(H,51,57)(H,55,56)/t39-,40+/m1/s1. The fourth-order valence-electron chi connectivity index (χ4n) is 7.52. The quantitative estimate of drug-likeness (QED) is 0.0486. The molecule has 350 valence electrons. The van der Waals surface area contributed by atoms with Crippen LogP contribution in [-0.4, -0.2) is 116 Å². The van der Waals surface area contributed by atoms with Gasteiger partial charge in [-0.1, -0.05) is 121 Å². The molecule has 5 aromatic carbocycles. The molecule has 20 heteroatoms. The van der Waals surface area contributed by atoms with Crippen LogP contribution in [-0.2, 0) is 46.9 Å². The van der Waals surface area contributed by atoms with Gasteiger partial charge in [0, 0.05) is 51.1 Å². The summed E-state index contributed by atoms with van der Waals surface area (Å²) in [4.78, 5) is 77.2. The van der Waals surface area contributed by atoms with Gasteiger partial charge < -0.3 is 41.2 Å². The largest absolute Gasteiger partial charge is 0.480 e. The summed E-state index contributed by atoms with van der Waals surface area (Å²) < 4.78 is 39.0. The van der Waals surface area contributed by atoms with E-state index < -0.39 is 87.2 Å². The molecule has 0 fully saturated rings. The molecule has 0 radical (unpaired) electrons. The third-order valence-corrected chi connectivity index (χ3v) is 12.7. The van der Waals surface area contributed by atoms with E-state index in [0.29, 0.717) is 15.4 Å². The molecule has 0 saturated heterocycles. The second-order valence-electron chi connectivity index (χ2n) is 15.3. The molecule has 0 bridgehead atoms. The second-order valence-corrected chi connectivity index (χ2v) is 17.2. The highest BCUT2D eigenvalue weighted by Gasteiger charge is 2.35. The van der Waals surface area contributed by atoms with Crippen LogP contribution < -0.4 is 21.7 Å². The molecular formula is C47H49N7O12S. The van der Waals surface area contributed by atoms with Crippen LogP contribution in [0.3, 0.4) is 0 Å². The van der Waals surface area contributed by atoms with E-state index in [9.17, 15) is 47.6 Å². The number of nitro groups is 1. The highest BCUT2D eigenvalue weighted by Crippen LogP contribution is 2.44. The van der Waals surface area contributed by atoms with Crippen LogP contribution in [0.25, 0.3) is 11.1 Å². The molecule has 67 heavy (non-hydrogen) atoms. The highest BCUT2D eigenvalue weighted by molar-refractivity contribution is 7.89. The number of nitro benzene ring substituents is 1. The van der Waals surface area contributed by atoms with Crippen molar-refractivity contribution in [2.45, 2.75) is 35.9 Å². The maximum atomic E-state index is 14.6. The van der Waals surface area contributed by atoms with Crippen LogP contribution >= 0.6 is 0 Å². The van der Waals surface area contributed by atoms with Crippen molar-refractivity contribution in [2.75, 3.05) is 45.9 Å². The number of carboxylic acids is 1. The molecule has 1 aliphatic carbocycles. The Morgan fingerprint density at radius 2 is 1.30 bits per heavy atom. The summed E-state index contributed by atoms with van der Waals surface area (Å²) in [6.45, 7) is -3.31. The molecule has 19 nitrogen and oxygen atoms in total. The summed E-state index contributed by atoms with van der Waals surface area (Å²) >= 11 is 0. The van der Waals surface area contributed by atoms with Crippen molar-refractivity contribution in [3.8, 4) is 11.1 Å². The molecule has 0 aromatic heterocycles. The number of hydrogen-bond acceptors (Lipinski definition) is 12. The van der Waals surface area contributed by atoms with E-state index in [1.807, 2.05) is 48.5 Å². The summed E-state index contributed by atoms with van der Waals surface area (Å²) in [7, 11) is -4.86. The van der Waals surface area contributed by atoms with E-state index in [0.717, 1.165) is 39.3 Å². The average Bonchev–Trinajstić information content (AvgIpc) is 3.65. The lowest BCUT2D eigenvalue weighted by atomic mass is 9.98. The maximum absolute atomic E-state index is 14.6. The molecular weight excluding hydrogens is 887 g/mol. The number of nitrogens with one attached hydrogen (secondary N) is 3. The number of para-hydroxylation sites is 1. The van der Waals surface area contributed by atoms with Gasteiger partial charge in [0.25, 0.3) is 15.7 Å². The number of fused-ring (bicyclic) bond motifs is 3. The minimum absolute atomic E-state index is 0.0117. The van der Waals surface area contributed by atoms with E-state index >= 15 is 0 Å². The predicted molar refractivity (Wildman–Crippen MR) is 244 cm³/mol. The van der Waals surface area contributed by atoms with Gasteiger partial charge in [-0.25, -0.2) is 18.0 Å². The van der Waals surface area contributed by atoms with Crippen LogP contribution in [0.1, 0.15) is 28.2 Å². The number of nitrogens with two attached hydrogens (primary N) is 1. The van der Waals surface area contributed by atoms with Gasteiger partial charge in [-0.3, -0.25) is 24.5 Å². The van der Waals surface area contributed by atoms with Gasteiger partial charge in [-0.15, -0.1) is 0 Å². The lowest BCUT2D eigenvalue weighted by Gasteiger charge is -2.30. The molecule has 6 N–H and O–H groups in total. The SMILES string of the molecule is N[C@H](CNC(=O)OCC1c2ccccc2-c2ccccc21)C(=O)N[C@@H](Cc1ccccc1)C(=O)N(CCNC(=O)OCc1ccccc1)CCN(CC(=O)O)S(=O)(=O)c1ccccc1[N+](=O)[O-]. The Bertz CT molecular complexity index is 2630. The third kappa shape index (κ3) is 13.0. The monoisotopic (exact) mass is 935 g/mol. The fraction of sp³-hybridized carbons (Fsp3) is 0.255.